The average molecular weight is 467 g/mol. The first kappa shape index (κ1) is 21.7. The Balaban J connectivity index is 1.37. The average Bonchev–Trinajstić information content (AvgIpc) is 3.15. The number of fused-ring (bicyclic) bond motifs is 1. The Morgan fingerprint density at radius 3 is 2.35 bits per heavy atom. The summed E-state index contributed by atoms with van der Waals surface area (Å²) in [7, 11) is 0. The molecule has 1 heterocycles. The summed E-state index contributed by atoms with van der Waals surface area (Å²) in [5.41, 5.74) is 4.53. The number of hydrogen-bond acceptors (Lipinski definition) is 4. The highest BCUT2D eigenvalue weighted by molar-refractivity contribution is 6.30. The molecule has 4 aromatic carbocycles. The van der Waals surface area contributed by atoms with Crippen molar-refractivity contribution < 1.29 is 19.1 Å². The number of hydrogen-bond donors (Lipinski definition) is 0. The number of ether oxygens (including phenoxy) is 2. The zero-order chi connectivity index (χ0) is 23.7. The van der Waals surface area contributed by atoms with Crippen LogP contribution in [0.1, 0.15) is 31.8 Å². The Morgan fingerprint density at radius 1 is 0.882 bits per heavy atom. The van der Waals surface area contributed by atoms with E-state index in [1.165, 1.54) is 6.07 Å². The minimum Gasteiger partial charge on any atom is -0.452 e. The van der Waals surface area contributed by atoms with Crippen LogP contribution >= 0.6 is 11.6 Å². The number of aryl methyl sites for hydroxylation is 1. The number of esters is 1. The van der Waals surface area contributed by atoms with E-state index in [2.05, 4.69) is 0 Å². The molecule has 0 saturated carbocycles. The van der Waals surface area contributed by atoms with Gasteiger partial charge < -0.3 is 9.47 Å². The van der Waals surface area contributed by atoms with Gasteiger partial charge in [-0.15, -0.1) is 0 Å². The zero-order valence-electron chi connectivity index (χ0n) is 18.2. The summed E-state index contributed by atoms with van der Waals surface area (Å²) in [4.78, 5) is 25.5. The van der Waals surface area contributed by atoms with Crippen LogP contribution in [0.2, 0.25) is 5.02 Å². The lowest BCUT2D eigenvalue weighted by molar-refractivity contribution is 0.0734. The van der Waals surface area contributed by atoms with Crippen LogP contribution in [0.15, 0.2) is 96.8 Å². The van der Waals surface area contributed by atoms with Gasteiger partial charge in [-0.05, 0) is 59.5 Å². The lowest BCUT2D eigenvalue weighted by Crippen LogP contribution is -2.08. The molecule has 0 radical (unpaired) electrons. The molecule has 0 unspecified atom stereocenters. The molecular formula is C29H19ClO4. The van der Waals surface area contributed by atoms with Crippen molar-refractivity contribution in [2.75, 3.05) is 0 Å². The van der Waals surface area contributed by atoms with Gasteiger partial charge in [-0.25, -0.2) is 4.79 Å². The smallest absolute Gasteiger partial charge is 0.343 e. The van der Waals surface area contributed by atoms with Crippen LogP contribution in [0.25, 0.3) is 17.2 Å². The summed E-state index contributed by atoms with van der Waals surface area (Å²) in [6.45, 7) is 1.79. The van der Waals surface area contributed by atoms with Crippen molar-refractivity contribution in [3.05, 3.63) is 124 Å². The second-order valence-electron chi connectivity index (χ2n) is 7.94. The van der Waals surface area contributed by atoms with Gasteiger partial charge in [-0.2, -0.15) is 0 Å². The van der Waals surface area contributed by atoms with Gasteiger partial charge in [0.15, 0.2) is 5.76 Å². The van der Waals surface area contributed by atoms with Crippen LogP contribution in [-0.4, -0.2) is 11.8 Å². The molecule has 0 saturated heterocycles. The molecule has 166 valence electrons. The van der Waals surface area contributed by atoms with Gasteiger partial charge in [0.2, 0.25) is 5.78 Å². The van der Waals surface area contributed by atoms with E-state index < -0.39 is 5.97 Å². The quantitative estimate of drug-likeness (QED) is 0.182. The van der Waals surface area contributed by atoms with Gasteiger partial charge in [-0.3, -0.25) is 4.79 Å². The topological polar surface area (TPSA) is 52.6 Å². The van der Waals surface area contributed by atoms with Crippen molar-refractivity contribution in [3.63, 3.8) is 0 Å². The molecule has 5 rings (SSSR count). The Bertz CT molecular complexity index is 1440. The number of ketones is 1. The number of rotatable bonds is 4. The highest BCUT2D eigenvalue weighted by atomic mass is 35.5. The van der Waals surface area contributed by atoms with E-state index in [9.17, 15) is 9.59 Å². The van der Waals surface area contributed by atoms with Gasteiger partial charge >= 0.3 is 5.97 Å². The second kappa shape index (κ2) is 9.00. The molecular weight excluding hydrogens is 448 g/mol. The predicted octanol–water partition coefficient (Wildman–Crippen LogP) is 7.15. The molecule has 0 atom stereocenters. The number of carbonyl (C=O) groups is 2. The van der Waals surface area contributed by atoms with Crippen molar-refractivity contribution in [2.45, 2.75) is 6.92 Å². The zero-order valence-corrected chi connectivity index (χ0v) is 19.0. The maximum Gasteiger partial charge on any atom is 0.343 e. The number of Topliss-reactive ketones (excluding diaryl/α,β-unsaturated/α-hetero) is 1. The number of carbonyl (C=O) groups excluding carboxylic acids is 2. The molecule has 0 aliphatic carbocycles. The fraction of sp³-hybridized carbons (Fsp3) is 0.0345. The van der Waals surface area contributed by atoms with Crippen molar-refractivity contribution in [3.8, 4) is 22.6 Å². The summed E-state index contributed by atoms with van der Waals surface area (Å²) in [5, 5.41) is 0.445. The fourth-order valence-electron chi connectivity index (χ4n) is 3.87. The molecule has 0 N–H and O–H groups in total. The first-order valence-corrected chi connectivity index (χ1v) is 11.1. The van der Waals surface area contributed by atoms with Crippen molar-refractivity contribution >= 4 is 29.4 Å². The summed E-state index contributed by atoms with van der Waals surface area (Å²) in [5.74, 6) is 0.144. The van der Waals surface area contributed by atoms with Crippen LogP contribution in [0, 0.1) is 6.92 Å². The molecule has 34 heavy (non-hydrogen) atoms. The lowest BCUT2D eigenvalue weighted by atomic mass is 10.0. The van der Waals surface area contributed by atoms with E-state index in [1.54, 1.807) is 43.3 Å². The van der Waals surface area contributed by atoms with Crippen LogP contribution in [-0.2, 0) is 0 Å². The van der Waals surface area contributed by atoms with Crippen molar-refractivity contribution in [1.29, 1.82) is 0 Å². The molecule has 1 aliphatic rings. The monoisotopic (exact) mass is 466 g/mol. The highest BCUT2D eigenvalue weighted by Gasteiger charge is 2.30. The second-order valence-corrected chi connectivity index (χ2v) is 8.38. The van der Waals surface area contributed by atoms with Crippen LogP contribution in [0.4, 0.5) is 0 Å². The summed E-state index contributed by atoms with van der Waals surface area (Å²) < 4.78 is 11.4. The van der Waals surface area contributed by atoms with E-state index in [4.69, 9.17) is 21.1 Å². The van der Waals surface area contributed by atoms with E-state index in [0.717, 1.165) is 16.7 Å². The highest BCUT2D eigenvalue weighted by Crippen LogP contribution is 2.38. The Labute approximate surface area is 202 Å². The van der Waals surface area contributed by atoms with Gasteiger partial charge in [0.05, 0.1) is 11.1 Å². The standard InChI is InChI=1S/C29H19ClO4/c1-18-14-24(33-29(32)22-8-5-9-23(30)16-22)17-25-27(18)28(31)26(34-25)15-19-10-12-21(13-11-19)20-6-3-2-4-7-20/h2-17H,1H3/b26-15-. The third kappa shape index (κ3) is 4.36. The maximum atomic E-state index is 13.0. The Kier molecular flexibility index (Phi) is 5.74. The minimum absolute atomic E-state index is 0.202. The molecule has 5 heteroatoms. The van der Waals surface area contributed by atoms with Crippen molar-refractivity contribution in [1.82, 2.24) is 0 Å². The third-order valence-electron chi connectivity index (χ3n) is 5.53. The summed E-state index contributed by atoms with van der Waals surface area (Å²) in [6.07, 6.45) is 1.72. The fourth-order valence-corrected chi connectivity index (χ4v) is 4.06. The maximum absolute atomic E-state index is 13.0. The number of benzene rings is 4. The van der Waals surface area contributed by atoms with Gasteiger partial charge in [0.25, 0.3) is 0 Å². The van der Waals surface area contributed by atoms with Crippen LogP contribution in [0.3, 0.4) is 0 Å². The molecule has 0 bridgehead atoms. The van der Waals surface area contributed by atoms with E-state index in [-0.39, 0.29) is 11.5 Å². The molecule has 4 aromatic rings. The Hall–Kier alpha value is -4.15. The summed E-state index contributed by atoms with van der Waals surface area (Å²) >= 11 is 5.96. The minimum atomic E-state index is -0.541. The molecule has 0 fully saturated rings. The normalized spacial score (nSPS) is 13.5. The van der Waals surface area contributed by atoms with E-state index in [1.807, 2.05) is 54.6 Å². The predicted molar refractivity (Wildman–Crippen MR) is 132 cm³/mol. The molecule has 0 amide bonds. The van der Waals surface area contributed by atoms with Crippen molar-refractivity contribution in [2.24, 2.45) is 0 Å². The largest absolute Gasteiger partial charge is 0.452 e. The molecule has 4 nitrogen and oxygen atoms in total. The van der Waals surface area contributed by atoms with E-state index in [0.29, 0.717) is 33.2 Å². The van der Waals surface area contributed by atoms with Crippen LogP contribution < -0.4 is 9.47 Å². The number of halogens is 1. The van der Waals surface area contributed by atoms with E-state index >= 15 is 0 Å². The van der Waals surface area contributed by atoms with Gasteiger partial charge in [-0.1, -0.05) is 72.3 Å². The first-order valence-electron chi connectivity index (χ1n) is 10.7. The summed E-state index contributed by atoms with van der Waals surface area (Å²) in [6, 6.07) is 27.7. The molecule has 0 spiro atoms. The lowest BCUT2D eigenvalue weighted by Gasteiger charge is -2.08. The van der Waals surface area contributed by atoms with Gasteiger partial charge in [0.1, 0.15) is 11.5 Å². The molecule has 1 aliphatic heterocycles. The third-order valence-corrected chi connectivity index (χ3v) is 5.77. The molecule has 0 aromatic heterocycles. The van der Waals surface area contributed by atoms with Gasteiger partial charge in [0, 0.05) is 11.1 Å². The van der Waals surface area contributed by atoms with Crippen LogP contribution in [0.5, 0.6) is 11.5 Å². The SMILES string of the molecule is Cc1cc(OC(=O)c2cccc(Cl)c2)cc2c1C(=O)/C(=C/c1ccc(-c3ccccc3)cc1)O2. The Morgan fingerprint density at radius 2 is 1.62 bits per heavy atom. The first-order chi connectivity index (χ1) is 16.5. The number of allylic oxidation sites excluding steroid dienone is 1.